The minimum Gasteiger partial charge on any atom is -0.370 e. The molecule has 0 bridgehead atoms. The summed E-state index contributed by atoms with van der Waals surface area (Å²) in [4.78, 5) is 0. The van der Waals surface area contributed by atoms with E-state index in [0.29, 0.717) is 19.8 Å². The van der Waals surface area contributed by atoms with E-state index >= 15 is 0 Å². The molecule has 3 aliphatic carbocycles. The molecular formula is C28H46O3. The Balaban J connectivity index is 2.13. The largest absolute Gasteiger partial charge is 0.370 e. The van der Waals surface area contributed by atoms with Crippen molar-refractivity contribution in [1.82, 2.24) is 0 Å². The van der Waals surface area contributed by atoms with Crippen molar-refractivity contribution in [3.05, 3.63) is 38.0 Å². The Hall–Kier alpha value is -0.900. The Labute approximate surface area is 191 Å². The second kappa shape index (κ2) is 11.8. The lowest BCUT2D eigenvalue weighted by molar-refractivity contribution is -0.266. The van der Waals surface area contributed by atoms with Crippen LogP contribution in [0.15, 0.2) is 38.0 Å². The first-order valence-corrected chi connectivity index (χ1v) is 12.9. The summed E-state index contributed by atoms with van der Waals surface area (Å²) in [6.45, 7) is 13.7. The van der Waals surface area contributed by atoms with Gasteiger partial charge in [0.25, 0.3) is 0 Å². The lowest BCUT2D eigenvalue weighted by Crippen LogP contribution is -2.66. The zero-order valence-corrected chi connectivity index (χ0v) is 19.9. The van der Waals surface area contributed by atoms with Crippen LogP contribution in [-0.2, 0) is 14.2 Å². The molecular weight excluding hydrogens is 384 g/mol. The molecule has 176 valence electrons. The lowest BCUT2D eigenvalue weighted by atomic mass is 9.55. The molecule has 3 nitrogen and oxygen atoms in total. The second-order valence-electron chi connectivity index (χ2n) is 10.1. The van der Waals surface area contributed by atoms with Crippen molar-refractivity contribution in [2.75, 3.05) is 19.8 Å². The highest BCUT2D eigenvalue weighted by molar-refractivity contribution is 5.13. The molecule has 3 fully saturated rings. The van der Waals surface area contributed by atoms with Gasteiger partial charge in [0, 0.05) is 5.92 Å². The second-order valence-corrected chi connectivity index (χ2v) is 10.1. The summed E-state index contributed by atoms with van der Waals surface area (Å²) >= 11 is 0. The van der Waals surface area contributed by atoms with Crippen molar-refractivity contribution in [2.24, 2.45) is 5.92 Å². The maximum Gasteiger partial charge on any atom is 0.0770 e. The van der Waals surface area contributed by atoms with Gasteiger partial charge in [-0.15, -0.1) is 19.7 Å². The molecule has 0 atom stereocenters. The van der Waals surface area contributed by atoms with Crippen molar-refractivity contribution in [2.45, 2.75) is 113 Å². The van der Waals surface area contributed by atoms with E-state index in [1.807, 2.05) is 18.2 Å². The highest BCUT2D eigenvalue weighted by Gasteiger charge is 2.62. The number of rotatable bonds is 12. The zero-order valence-electron chi connectivity index (χ0n) is 19.9. The maximum absolute atomic E-state index is 6.87. The van der Waals surface area contributed by atoms with Crippen molar-refractivity contribution >= 4 is 0 Å². The quantitative estimate of drug-likeness (QED) is 0.304. The van der Waals surface area contributed by atoms with E-state index in [9.17, 15) is 0 Å². The fourth-order valence-electron chi connectivity index (χ4n) is 7.11. The predicted octanol–water partition coefficient (Wildman–Crippen LogP) is 7.32. The molecule has 0 heterocycles. The Kier molecular flexibility index (Phi) is 9.43. The fourth-order valence-corrected chi connectivity index (χ4v) is 7.11. The van der Waals surface area contributed by atoms with Gasteiger partial charge in [-0.1, -0.05) is 76.0 Å². The third-order valence-electron chi connectivity index (χ3n) is 8.14. The van der Waals surface area contributed by atoms with Gasteiger partial charge in [-0.25, -0.2) is 0 Å². The van der Waals surface area contributed by atoms with Gasteiger partial charge >= 0.3 is 0 Å². The van der Waals surface area contributed by atoms with E-state index in [0.717, 1.165) is 38.5 Å². The number of hydrogen-bond donors (Lipinski definition) is 0. The van der Waals surface area contributed by atoms with Crippen molar-refractivity contribution in [3.8, 4) is 0 Å². The van der Waals surface area contributed by atoms with Crippen LogP contribution in [0.5, 0.6) is 0 Å². The van der Waals surface area contributed by atoms with Gasteiger partial charge in [-0.3, -0.25) is 0 Å². The molecule has 0 aromatic heterocycles. The molecule has 0 aliphatic heterocycles. The van der Waals surface area contributed by atoms with Crippen LogP contribution in [0.25, 0.3) is 0 Å². The first-order valence-electron chi connectivity index (χ1n) is 12.9. The van der Waals surface area contributed by atoms with Gasteiger partial charge in [0.2, 0.25) is 0 Å². The molecule has 31 heavy (non-hydrogen) atoms. The smallest absolute Gasteiger partial charge is 0.0770 e. The zero-order chi connectivity index (χ0) is 22.0. The summed E-state index contributed by atoms with van der Waals surface area (Å²) in [5, 5.41) is 0. The summed E-state index contributed by atoms with van der Waals surface area (Å²) in [6.07, 6.45) is 23.6. The SMILES string of the molecule is C=CCOC1(C(C2(OCC=C)CCCCC2)C2(OCC=C)CCCCC2)CCCCC1. The minimum absolute atomic E-state index is 0.205. The third kappa shape index (κ3) is 5.54. The van der Waals surface area contributed by atoms with Crippen molar-refractivity contribution < 1.29 is 14.2 Å². The normalized spacial score (nSPS) is 25.1. The van der Waals surface area contributed by atoms with Crippen LogP contribution < -0.4 is 0 Å². The first kappa shape index (κ1) is 24.7. The van der Waals surface area contributed by atoms with Gasteiger partial charge in [-0.2, -0.15) is 0 Å². The molecule has 0 N–H and O–H groups in total. The summed E-state index contributed by atoms with van der Waals surface area (Å²) < 4.78 is 20.6. The van der Waals surface area contributed by atoms with E-state index in [2.05, 4.69) is 19.7 Å². The summed E-state index contributed by atoms with van der Waals surface area (Å²) in [5.41, 5.74) is -0.615. The molecule has 0 spiro atoms. The van der Waals surface area contributed by atoms with E-state index < -0.39 is 0 Å². The lowest BCUT2D eigenvalue weighted by Gasteiger charge is -2.60. The Morgan fingerprint density at radius 2 is 0.742 bits per heavy atom. The molecule has 0 amide bonds. The maximum atomic E-state index is 6.87. The van der Waals surface area contributed by atoms with Gasteiger partial charge in [0.05, 0.1) is 36.6 Å². The summed E-state index contributed by atoms with van der Waals surface area (Å²) in [5.74, 6) is 0.230. The van der Waals surface area contributed by atoms with Gasteiger partial charge < -0.3 is 14.2 Å². The van der Waals surface area contributed by atoms with Crippen LogP contribution >= 0.6 is 0 Å². The van der Waals surface area contributed by atoms with E-state index in [1.54, 1.807) is 0 Å². The number of hydrogen-bond acceptors (Lipinski definition) is 3. The monoisotopic (exact) mass is 430 g/mol. The van der Waals surface area contributed by atoms with Crippen LogP contribution in [0, 0.1) is 5.92 Å². The van der Waals surface area contributed by atoms with E-state index in [1.165, 1.54) is 57.8 Å². The van der Waals surface area contributed by atoms with Crippen molar-refractivity contribution in [3.63, 3.8) is 0 Å². The molecule has 3 rings (SSSR count). The first-order chi connectivity index (χ1) is 15.2. The van der Waals surface area contributed by atoms with Crippen LogP contribution in [0.2, 0.25) is 0 Å². The van der Waals surface area contributed by atoms with Crippen LogP contribution in [0.4, 0.5) is 0 Å². The van der Waals surface area contributed by atoms with Crippen LogP contribution in [0.1, 0.15) is 96.3 Å². The predicted molar refractivity (Wildman–Crippen MR) is 129 cm³/mol. The average molecular weight is 431 g/mol. The molecule has 0 aromatic rings. The van der Waals surface area contributed by atoms with E-state index in [-0.39, 0.29) is 22.7 Å². The Bertz CT molecular complexity index is 482. The van der Waals surface area contributed by atoms with Crippen LogP contribution in [0.3, 0.4) is 0 Å². The molecule has 3 heteroatoms. The van der Waals surface area contributed by atoms with Gasteiger partial charge in [-0.05, 0) is 38.5 Å². The molecule has 0 saturated heterocycles. The van der Waals surface area contributed by atoms with Crippen molar-refractivity contribution in [1.29, 1.82) is 0 Å². The molecule has 0 aromatic carbocycles. The topological polar surface area (TPSA) is 27.7 Å². The molecule has 0 radical (unpaired) electrons. The third-order valence-corrected chi connectivity index (χ3v) is 8.14. The molecule has 0 unspecified atom stereocenters. The highest BCUT2D eigenvalue weighted by atomic mass is 16.5. The van der Waals surface area contributed by atoms with Gasteiger partial charge in [0.1, 0.15) is 0 Å². The van der Waals surface area contributed by atoms with E-state index in [4.69, 9.17) is 14.2 Å². The van der Waals surface area contributed by atoms with Crippen LogP contribution in [-0.4, -0.2) is 36.6 Å². The summed E-state index contributed by atoms with van der Waals surface area (Å²) in [7, 11) is 0. The Morgan fingerprint density at radius 3 is 0.968 bits per heavy atom. The average Bonchev–Trinajstić information content (AvgIpc) is 2.82. The number of ether oxygens (including phenoxy) is 3. The standard InChI is InChI=1S/C28H46O3/c1-4-22-29-26(16-10-7-11-17-26)25(27(30-23-5-2)18-12-8-13-19-27)28(31-24-6-3)20-14-9-15-21-28/h4-6,25H,1-3,7-24H2. The van der Waals surface area contributed by atoms with Gasteiger partial charge in [0.15, 0.2) is 0 Å². The molecule has 3 aliphatic rings. The molecule has 3 saturated carbocycles. The minimum atomic E-state index is -0.205. The summed E-state index contributed by atoms with van der Waals surface area (Å²) in [6, 6.07) is 0. The Morgan fingerprint density at radius 1 is 0.484 bits per heavy atom. The highest BCUT2D eigenvalue weighted by Crippen LogP contribution is 2.57. The fraction of sp³-hybridized carbons (Fsp3) is 0.786.